The van der Waals surface area contributed by atoms with Crippen LogP contribution in [0.15, 0.2) is 54.6 Å². The number of benzene rings is 2. The van der Waals surface area contributed by atoms with E-state index in [1.54, 1.807) is 0 Å². The molecule has 4 nitrogen and oxygen atoms in total. The summed E-state index contributed by atoms with van der Waals surface area (Å²) in [4.78, 5) is 11.9. The summed E-state index contributed by atoms with van der Waals surface area (Å²) in [6.07, 6.45) is -0.962. The molecule has 2 aromatic carbocycles. The van der Waals surface area contributed by atoms with Gasteiger partial charge in [-0.1, -0.05) is 42.5 Å². The van der Waals surface area contributed by atoms with Crippen LogP contribution in [-0.2, 0) is 20.9 Å². The van der Waals surface area contributed by atoms with Gasteiger partial charge in [-0.15, -0.1) is 0 Å². The van der Waals surface area contributed by atoms with Crippen LogP contribution in [0, 0.1) is 5.82 Å². The van der Waals surface area contributed by atoms with Crippen LogP contribution in [0.3, 0.4) is 0 Å². The van der Waals surface area contributed by atoms with Gasteiger partial charge in [0.25, 0.3) is 0 Å². The average Bonchev–Trinajstić information content (AvgIpc) is 2.56. The Labute approximate surface area is 128 Å². The van der Waals surface area contributed by atoms with Gasteiger partial charge in [0.1, 0.15) is 5.82 Å². The van der Waals surface area contributed by atoms with Crippen molar-refractivity contribution in [3.8, 4) is 0 Å². The van der Waals surface area contributed by atoms with Gasteiger partial charge >= 0.3 is 5.97 Å². The summed E-state index contributed by atoms with van der Waals surface area (Å²) in [6.45, 7) is 0.232. The molecule has 22 heavy (non-hydrogen) atoms. The normalized spacial score (nSPS) is 13.4. The Morgan fingerprint density at radius 3 is 2.36 bits per heavy atom. The smallest absolute Gasteiger partial charge is 0.336 e. The molecule has 0 amide bonds. The zero-order valence-corrected chi connectivity index (χ0v) is 12.2. The van der Waals surface area contributed by atoms with E-state index < -0.39 is 18.1 Å². The number of rotatable bonds is 6. The molecule has 0 fully saturated rings. The molecule has 2 rings (SSSR count). The SMILES string of the molecule is COC(=O)[C@H](OCc1ccccc1)[C@@H](N)c1ccc(F)cc1. The maximum atomic E-state index is 13.0. The molecule has 0 saturated carbocycles. The Bertz CT molecular complexity index is 601. The Hall–Kier alpha value is -2.24. The predicted molar refractivity (Wildman–Crippen MR) is 80.4 cm³/mol. The lowest BCUT2D eigenvalue weighted by atomic mass is 10.0. The Balaban J connectivity index is 2.11. The summed E-state index contributed by atoms with van der Waals surface area (Å²) in [6, 6.07) is 14.3. The van der Waals surface area contributed by atoms with Crippen LogP contribution in [0.2, 0.25) is 0 Å². The molecule has 0 unspecified atom stereocenters. The molecule has 5 heteroatoms. The van der Waals surface area contributed by atoms with Crippen molar-refractivity contribution in [3.63, 3.8) is 0 Å². The minimum Gasteiger partial charge on any atom is -0.467 e. The number of ether oxygens (including phenoxy) is 2. The first-order chi connectivity index (χ1) is 10.6. The zero-order chi connectivity index (χ0) is 15.9. The molecule has 0 aliphatic heterocycles. The van der Waals surface area contributed by atoms with Gasteiger partial charge in [-0.2, -0.15) is 0 Å². The van der Waals surface area contributed by atoms with Crippen LogP contribution in [0.5, 0.6) is 0 Å². The summed E-state index contributed by atoms with van der Waals surface area (Å²) in [5, 5.41) is 0. The van der Waals surface area contributed by atoms with Crippen molar-refractivity contribution in [1.82, 2.24) is 0 Å². The van der Waals surface area contributed by atoms with Gasteiger partial charge in [0.05, 0.1) is 19.8 Å². The van der Waals surface area contributed by atoms with E-state index in [9.17, 15) is 9.18 Å². The lowest BCUT2D eigenvalue weighted by molar-refractivity contribution is -0.156. The third kappa shape index (κ3) is 4.13. The third-order valence-electron chi connectivity index (χ3n) is 3.29. The van der Waals surface area contributed by atoms with Crippen LogP contribution in [0.25, 0.3) is 0 Å². The van der Waals surface area contributed by atoms with Gasteiger partial charge in [0, 0.05) is 0 Å². The fourth-order valence-corrected chi connectivity index (χ4v) is 2.05. The predicted octanol–water partition coefficient (Wildman–Crippen LogP) is 2.58. The summed E-state index contributed by atoms with van der Waals surface area (Å²) in [5.41, 5.74) is 7.60. The first-order valence-corrected chi connectivity index (χ1v) is 6.86. The Morgan fingerprint density at radius 2 is 1.77 bits per heavy atom. The van der Waals surface area contributed by atoms with Crippen LogP contribution >= 0.6 is 0 Å². The summed E-state index contributed by atoms with van der Waals surface area (Å²) >= 11 is 0. The highest BCUT2D eigenvalue weighted by molar-refractivity contribution is 5.75. The monoisotopic (exact) mass is 303 g/mol. The van der Waals surface area contributed by atoms with E-state index in [4.69, 9.17) is 15.2 Å². The van der Waals surface area contributed by atoms with Gasteiger partial charge in [0.15, 0.2) is 6.10 Å². The maximum Gasteiger partial charge on any atom is 0.336 e. The molecule has 116 valence electrons. The highest BCUT2D eigenvalue weighted by atomic mass is 19.1. The second-order valence-electron chi connectivity index (χ2n) is 4.82. The van der Waals surface area contributed by atoms with Gasteiger partial charge in [-0.05, 0) is 23.3 Å². The second-order valence-corrected chi connectivity index (χ2v) is 4.82. The molecule has 0 spiro atoms. The lowest BCUT2D eigenvalue weighted by Gasteiger charge is -2.22. The van der Waals surface area contributed by atoms with E-state index in [1.807, 2.05) is 30.3 Å². The number of carbonyl (C=O) groups excluding carboxylic acids is 1. The van der Waals surface area contributed by atoms with Crippen LogP contribution in [0.1, 0.15) is 17.2 Å². The third-order valence-corrected chi connectivity index (χ3v) is 3.29. The lowest BCUT2D eigenvalue weighted by Crippen LogP contribution is -2.36. The molecule has 2 aromatic rings. The van der Waals surface area contributed by atoms with E-state index >= 15 is 0 Å². The first kappa shape index (κ1) is 16.1. The van der Waals surface area contributed by atoms with Crippen molar-refractivity contribution < 1.29 is 18.7 Å². The molecular formula is C17H18FNO3. The van der Waals surface area contributed by atoms with Gasteiger partial charge in [-0.25, -0.2) is 9.18 Å². The number of hydrogen-bond donors (Lipinski definition) is 1. The number of methoxy groups -OCH3 is 1. The highest BCUT2D eigenvalue weighted by Crippen LogP contribution is 2.19. The van der Waals surface area contributed by atoms with E-state index in [2.05, 4.69) is 0 Å². The molecule has 0 saturated heterocycles. The van der Waals surface area contributed by atoms with E-state index in [0.29, 0.717) is 5.56 Å². The molecule has 2 atom stereocenters. The van der Waals surface area contributed by atoms with E-state index in [0.717, 1.165) is 5.56 Å². The van der Waals surface area contributed by atoms with Crippen molar-refractivity contribution >= 4 is 5.97 Å². The molecule has 0 aromatic heterocycles. The minimum atomic E-state index is -0.962. The zero-order valence-electron chi connectivity index (χ0n) is 12.2. The van der Waals surface area contributed by atoms with Crippen LogP contribution in [0.4, 0.5) is 4.39 Å². The minimum absolute atomic E-state index is 0.232. The van der Waals surface area contributed by atoms with Crippen LogP contribution in [-0.4, -0.2) is 19.2 Å². The number of esters is 1. The van der Waals surface area contributed by atoms with Gasteiger partial charge in [0.2, 0.25) is 0 Å². The molecule has 0 heterocycles. The van der Waals surface area contributed by atoms with Crippen molar-refractivity contribution in [3.05, 3.63) is 71.5 Å². The summed E-state index contributed by atoms with van der Waals surface area (Å²) in [7, 11) is 1.28. The van der Waals surface area contributed by atoms with Gasteiger partial charge in [-0.3, -0.25) is 0 Å². The van der Waals surface area contributed by atoms with Crippen molar-refractivity contribution in [2.45, 2.75) is 18.8 Å². The van der Waals surface area contributed by atoms with Gasteiger partial charge < -0.3 is 15.2 Å². The van der Waals surface area contributed by atoms with E-state index in [1.165, 1.54) is 31.4 Å². The average molecular weight is 303 g/mol. The molecule has 0 radical (unpaired) electrons. The topological polar surface area (TPSA) is 61.5 Å². The number of halogens is 1. The molecule has 2 N–H and O–H groups in total. The molecule has 0 bridgehead atoms. The molecular weight excluding hydrogens is 285 g/mol. The largest absolute Gasteiger partial charge is 0.467 e. The number of nitrogens with two attached hydrogens (primary N) is 1. The maximum absolute atomic E-state index is 13.0. The quantitative estimate of drug-likeness (QED) is 0.833. The second kappa shape index (κ2) is 7.68. The Kier molecular flexibility index (Phi) is 5.63. The highest BCUT2D eigenvalue weighted by Gasteiger charge is 2.28. The fraction of sp³-hybridized carbons (Fsp3) is 0.235. The molecule has 0 aliphatic rings. The number of carbonyl (C=O) groups is 1. The Morgan fingerprint density at radius 1 is 1.14 bits per heavy atom. The van der Waals surface area contributed by atoms with E-state index in [-0.39, 0.29) is 12.4 Å². The molecule has 0 aliphatic carbocycles. The van der Waals surface area contributed by atoms with Crippen molar-refractivity contribution in [2.75, 3.05) is 7.11 Å². The number of hydrogen-bond acceptors (Lipinski definition) is 4. The standard InChI is InChI=1S/C17H18FNO3/c1-21-17(20)16(22-11-12-5-3-2-4-6-12)15(19)13-7-9-14(18)10-8-13/h2-10,15-16H,11,19H2,1H3/t15-,16+/m0/s1. The van der Waals surface area contributed by atoms with Crippen LogP contribution < -0.4 is 5.73 Å². The van der Waals surface area contributed by atoms with Crippen molar-refractivity contribution in [2.24, 2.45) is 5.73 Å². The fourth-order valence-electron chi connectivity index (χ4n) is 2.05. The summed E-state index contributed by atoms with van der Waals surface area (Å²) in [5.74, 6) is -0.927. The summed E-state index contributed by atoms with van der Waals surface area (Å²) < 4.78 is 23.4. The first-order valence-electron chi connectivity index (χ1n) is 6.86. The van der Waals surface area contributed by atoms with Crippen molar-refractivity contribution in [1.29, 1.82) is 0 Å².